The first-order chi connectivity index (χ1) is 6.56. The molecule has 0 aliphatic rings. The Morgan fingerprint density at radius 3 is 2.57 bits per heavy atom. The van der Waals surface area contributed by atoms with E-state index in [4.69, 9.17) is 5.11 Å². The molecule has 1 amide bonds. The second kappa shape index (κ2) is 6.64. The van der Waals surface area contributed by atoms with Crippen LogP contribution in [0.3, 0.4) is 0 Å². The van der Waals surface area contributed by atoms with Crippen LogP contribution in [0.25, 0.3) is 0 Å². The molecule has 0 aromatic carbocycles. The van der Waals surface area contributed by atoms with Crippen LogP contribution in [0.1, 0.15) is 6.42 Å². The van der Waals surface area contributed by atoms with Gasteiger partial charge in [0.05, 0.1) is 6.54 Å². The predicted molar refractivity (Wildman–Crippen MR) is 46.4 cm³/mol. The average molecular weight is 201 g/mol. The van der Waals surface area contributed by atoms with Gasteiger partial charge in [-0.25, -0.2) is 4.79 Å². The lowest BCUT2D eigenvalue weighted by atomic mass is 10.4. The fraction of sp³-hybridized carbons (Fsp3) is 0.375. The van der Waals surface area contributed by atoms with E-state index in [0.29, 0.717) is 0 Å². The van der Waals surface area contributed by atoms with Gasteiger partial charge in [-0.3, -0.25) is 9.59 Å². The highest BCUT2D eigenvalue weighted by Crippen LogP contribution is 1.80. The van der Waals surface area contributed by atoms with E-state index in [1.807, 2.05) is 0 Å². The Morgan fingerprint density at radius 2 is 2.07 bits per heavy atom. The Balaban J connectivity index is 3.45. The molecule has 2 N–H and O–H groups in total. The third-order valence-corrected chi connectivity index (χ3v) is 1.15. The van der Waals surface area contributed by atoms with Crippen molar-refractivity contribution in [1.82, 2.24) is 5.32 Å². The lowest BCUT2D eigenvalue weighted by Gasteiger charge is -2.03. The van der Waals surface area contributed by atoms with Crippen LogP contribution >= 0.6 is 0 Å². The largest absolute Gasteiger partial charge is 0.481 e. The summed E-state index contributed by atoms with van der Waals surface area (Å²) in [5.74, 6) is -2.41. The molecule has 0 unspecified atom stereocenters. The van der Waals surface area contributed by atoms with Crippen LogP contribution in [0.4, 0.5) is 0 Å². The standard InChI is InChI=1S/C8H11NO5/c1-2-8(13)14-4-3-9-6(10)5-7(11)12/h2H,1,3-5H2,(H,9,10)(H,11,12). The number of carbonyl (C=O) groups excluding carboxylic acids is 2. The number of nitrogens with one attached hydrogen (secondary N) is 1. The SMILES string of the molecule is C=CC(=O)OCCNC(=O)CC(=O)O. The molecule has 0 spiro atoms. The van der Waals surface area contributed by atoms with Crippen LogP contribution in [0.2, 0.25) is 0 Å². The molecule has 0 heterocycles. The second-order valence-corrected chi connectivity index (χ2v) is 2.29. The number of aliphatic carboxylic acids is 1. The summed E-state index contributed by atoms with van der Waals surface area (Å²) >= 11 is 0. The monoisotopic (exact) mass is 201 g/mol. The third-order valence-electron chi connectivity index (χ3n) is 1.15. The third kappa shape index (κ3) is 6.84. The van der Waals surface area contributed by atoms with Gasteiger partial charge in [0.1, 0.15) is 13.0 Å². The van der Waals surface area contributed by atoms with Crippen molar-refractivity contribution in [3.05, 3.63) is 12.7 Å². The number of hydrogen-bond donors (Lipinski definition) is 2. The second-order valence-electron chi connectivity index (χ2n) is 2.29. The van der Waals surface area contributed by atoms with E-state index < -0.39 is 24.3 Å². The average Bonchev–Trinajstić information content (AvgIpc) is 2.10. The molecule has 0 radical (unpaired) electrons. The van der Waals surface area contributed by atoms with Gasteiger partial charge in [-0.15, -0.1) is 0 Å². The Morgan fingerprint density at radius 1 is 1.43 bits per heavy atom. The number of amides is 1. The van der Waals surface area contributed by atoms with Gasteiger partial charge in [0.2, 0.25) is 5.91 Å². The number of ether oxygens (including phenoxy) is 1. The molecule has 0 saturated carbocycles. The Hall–Kier alpha value is -1.85. The van der Waals surface area contributed by atoms with Crippen molar-refractivity contribution < 1.29 is 24.2 Å². The summed E-state index contributed by atoms with van der Waals surface area (Å²) < 4.78 is 4.53. The summed E-state index contributed by atoms with van der Waals surface area (Å²) in [6.45, 7) is 3.26. The molecule has 0 aromatic rings. The van der Waals surface area contributed by atoms with Gasteiger partial charge in [0.15, 0.2) is 0 Å². The van der Waals surface area contributed by atoms with Gasteiger partial charge in [0, 0.05) is 6.08 Å². The number of carboxylic acids is 1. The van der Waals surface area contributed by atoms with Crippen molar-refractivity contribution in [2.45, 2.75) is 6.42 Å². The number of carbonyl (C=O) groups is 3. The molecular formula is C8H11NO5. The topological polar surface area (TPSA) is 92.7 Å². The quantitative estimate of drug-likeness (QED) is 0.257. The van der Waals surface area contributed by atoms with Crippen LogP contribution in [0.5, 0.6) is 0 Å². The maximum absolute atomic E-state index is 10.7. The maximum Gasteiger partial charge on any atom is 0.330 e. The molecule has 14 heavy (non-hydrogen) atoms. The Kier molecular flexibility index (Phi) is 5.77. The molecule has 0 rings (SSSR count). The first-order valence-corrected chi connectivity index (χ1v) is 3.84. The van der Waals surface area contributed by atoms with E-state index >= 15 is 0 Å². The first kappa shape index (κ1) is 12.2. The summed E-state index contributed by atoms with van der Waals surface area (Å²) in [7, 11) is 0. The van der Waals surface area contributed by atoms with Crippen molar-refractivity contribution in [3.63, 3.8) is 0 Å². The van der Waals surface area contributed by atoms with Crippen molar-refractivity contribution in [2.75, 3.05) is 13.2 Å². The lowest BCUT2D eigenvalue weighted by Crippen LogP contribution is -2.29. The van der Waals surface area contributed by atoms with Gasteiger partial charge in [-0.05, 0) is 0 Å². The number of carboxylic acid groups (broad SMARTS) is 1. The Bertz CT molecular complexity index is 248. The van der Waals surface area contributed by atoms with Crippen molar-refractivity contribution >= 4 is 17.8 Å². The van der Waals surface area contributed by atoms with Crippen molar-refractivity contribution in [3.8, 4) is 0 Å². The van der Waals surface area contributed by atoms with E-state index in [1.54, 1.807) is 0 Å². The van der Waals surface area contributed by atoms with E-state index in [9.17, 15) is 14.4 Å². The molecule has 0 aliphatic carbocycles. The lowest BCUT2D eigenvalue weighted by molar-refractivity contribution is -0.142. The van der Waals surface area contributed by atoms with Crippen LogP contribution in [0.15, 0.2) is 12.7 Å². The number of esters is 1. The zero-order chi connectivity index (χ0) is 11.0. The summed E-state index contributed by atoms with van der Waals surface area (Å²) in [4.78, 5) is 31.2. The molecule has 0 saturated heterocycles. The fourth-order valence-corrected chi connectivity index (χ4v) is 0.601. The first-order valence-electron chi connectivity index (χ1n) is 3.84. The van der Waals surface area contributed by atoms with E-state index in [0.717, 1.165) is 6.08 Å². The molecule has 0 aromatic heterocycles. The summed E-state index contributed by atoms with van der Waals surface area (Å²) in [5.41, 5.74) is 0. The molecule has 78 valence electrons. The number of hydrogen-bond acceptors (Lipinski definition) is 4. The Labute approximate surface area is 80.5 Å². The van der Waals surface area contributed by atoms with Crippen LogP contribution in [0, 0.1) is 0 Å². The molecular weight excluding hydrogens is 190 g/mol. The minimum absolute atomic E-state index is 0.00376. The zero-order valence-corrected chi connectivity index (χ0v) is 7.49. The van der Waals surface area contributed by atoms with Crippen LogP contribution < -0.4 is 5.32 Å². The van der Waals surface area contributed by atoms with E-state index in [-0.39, 0.29) is 13.2 Å². The fourth-order valence-electron chi connectivity index (χ4n) is 0.601. The van der Waals surface area contributed by atoms with Gasteiger partial charge < -0.3 is 15.2 Å². The highest BCUT2D eigenvalue weighted by atomic mass is 16.5. The smallest absolute Gasteiger partial charge is 0.330 e. The minimum Gasteiger partial charge on any atom is -0.481 e. The zero-order valence-electron chi connectivity index (χ0n) is 7.49. The molecule has 0 bridgehead atoms. The van der Waals surface area contributed by atoms with Crippen molar-refractivity contribution in [1.29, 1.82) is 0 Å². The molecule has 6 nitrogen and oxygen atoms in total. The van der Waals surface area contributed by atoms with Gasteiger partial charge in [-0.1, -0.05) is 6.58 Å². The predicted octanol–water partition coefficient (Wildman–Crippen LogP) is -0.694. The van der Waals surface area contributed by atoms with Crippen LogP contribution in [-0.4, -0.2) is 36.1 Å². The molecule has 0 fully saturated rings. The molecule has 6 heteroatoms. The highest BCUT2D eigenvalue weighted by molar-refractivity contribution is 5.93. The van der Waals surface area contributed by atoms with E-state index in [2.05, 4.69) is 16.6 Å². The van der Waals surface area contributed by atoms with Gasteiger partial charge >= 0.3 is 11.9 Å². The van der Waals surface area contributed by atoms with E-state index in [1.165, 1.54) is 0 Å². The molecule has 0 aliphatic heterocycles. The molecule has 0 atom stereocenters. The summed E-state index contributed by atoms with van der Waals surface area (Å²) in [6, 6.07) is 0. The maximum atomic E-state index is 10.7. The minimum atomic E-state index is -1.20. The van der Waals surface area contributed by atoms with Crippen LogP contribution in [-0.2, 0) is 19.1 Å². The highest BCUT2D eigenvalue weighted by Gasteiger charge is 2.06. The summed E-state index contributed by atoms with van der Waals surface area (Å²) in [5, 5.41) is 10.5. The number of rotatable bonds is 6. The van der Waals surface area contributed by atoms with Gasteiger partial charge in [0.25, 0.3) is 0 Å². The van der Waals surface area contributed by atoms with Gasteiger partial charge in [-0.2, -0.15) is 0 Å². The normalized spacial score (nSPS) is 8.86. The summed E-state index contributed by atoms with van der Waals surface area (Å²) in [6.07, 6.45) is 0.411. The van der Waals surface area contributed by atoms with Crippen molar-refractivity contribution in [2.24, 2.45) is 0 Å².